The topological polar surface area (TPSA) is 85.8 Å². The van der Waals surface area contributed by atoms with Gasteiger partial charge in [0.25, 0.3) is 0 Å². The molecule has 0 N–H and O–H groups in total. The van der Waals surface area contributed by atoms with Crippen molar-refractivity contribution in [1.29, 1.82) is 0 Å². The Morgan fingerprint density at radius 2 is 1.96 bits per heavy atom. The number of aliphatic imine (C=N–C) groups is 1. The predicted molar refractivity (Wildman–Crippen MR) is 85.8 cm³/mol. The zero-order valence-corrected chi connectivity index (χ0v) is 12.8. The molecule has 1 aliphatic heterocycles. The Balaban J connectivity index is 1.79. The van der Waals surface area contributed by atoms with Crippen molar-refractivity contribution in [3.05, 3.63) is 48.4 Å². The number of carbonyl (C=O) groups excluding carboxylic acids is 1. The van der Waals surface area contributed by atoms with Gasteiger partial charge in [0.15, 0.2) is 5.76 Å². The normalized spacial score (nSPS) is 15.8. The molecule has 0 bridgehead atoms. The smallest absolute Gasteiger partial charge is 0.315 e. The Bertz CT molecular complexity index is 878. The van der Waals surface area contributed by atoms with E-state index in [-0.39, 0.29) is 5.76 Å². The van der Waals surface area contributed by atoms with Crippen molar-refractivity contribution in [2.45, 2.75) is 0 Å². The number of rotatable bonds is 1. The van der Waals surface area contributed by atoms with E-state index in [0.29, 0.717) is 32.3 Å². The zero-order chi connectivity index (χ0) is 16.4. The zero-order valence-electron chi connectivity index (χ0n) is 12.8. The molecule has 0 aliphatic carbocycles. The second kappa shape index (κ2) is 6.25. The van der Waals surface area contributed by atoms with Gasteiger partial charge in [-0.25, -0.2) is 0 Å². The second-order valence-corrected chi connectivity index (χ2v) is 5.28. The maximum atomic E-state index is 12.4. The van der Waals surface area contributed by atoms with Gasteiger partial charge in [0.1, 0.15) is 5.52 Å². The van der Waals surface area contributed by atoms with Crippen LogP contribution in [-0.2, 0) is 4.74 Å². The number of hydrogen-bond donors (Lipinski definition) is 0. The van der Waals surface area contributed by atoms with Gasteiger partial charge in [0, 0.05) is 13.1 Å². The van der Waals surface area contributed by atoms with E-state index in [1.165, 1.54) is 6.26 Å². The lowest BCUT2D eigenvalue weighted by molar-refractivity contribution is 0.0659. The molecule has 0 saturated carbocycles. The molecule has 1 fully saturated rings. The van der Waals surface area contributed by atoms with Crippen LogP contribution in [-0.4, -0.2) is 58.1 Å². The first-order chi connectivity index (χ1) is 11.8. The molecule has 1 saturated heterocycles. The van der Waals surface area contributed by atoms with E-state index in [0.717, 1.165) is 11.0 Å². The average Bonchev–Trinajstić information content (AvgIpc) is 3.30. The summed E-state index contributed by atoms with van der Waals surface area (Å²) in [6.45, 7) is 2.39. The number of para-hydroxylation sites is 1. The van der Waals surface area contributed by atoms with Crippen molar-refractivity contribution in [2.24, 2.45) is 4.99 Å². The predicted octanol–water partition coefficient (Wildman–Crippen LogP) is 1.40. The highest BCUT2D eigenvalue weighted by atomic mass is 16.5. The standard InChI is InChI=1S/C16H15N5O3/c22-15(14-6-3-9-24-14)17-16(20-7-10-23-11-8-20)21-13-5-2-1-4-12(13)18-19-21/h1-6,9H,7-8,10-11H2. The minimum absolute atomic E-state index is 0.185. The van der Waals surface area contributed by atoms with Gasteiger partial charge >= 0.3 is 5.91 Å². The van der Waals surface area contributed by atoms with Crippen LogP contribution in [0.5, 0.6) is 0 Å². The lowest BCUT2D eigenvalue weighted by Crippen LogP contribution is -2.44. The van der Waals surface area contributed by atoms with Crippen LogP contribution in [0.3, 0.4) is 0 Å². The quantitative estimate of drug-likeness (QED) is 0.496. The summed E-state index contributed by atoms with van der Waals surface area (Å²) < 4.78 is 12.1. The summed E-state index contributed by atoms with van der Waals surface area (Å²) in [5, 5.41) is 8.32. The van der Waals surface area contributed by atoms with E-state index in [9.17, 15) is 4.79 Å². The molecule has 1 aromatic carbocycles. The minimum atomic E-state index is -0.457. The number of furan rings is 1. The molecule has 3 heterocycles. The molecule has 2 aromatic heterocycles. The number of ether oxygens (including phenoxy) is 1. The number of benzene rings is 1. The first kappa shape index (κ1) is 14.6. The molecular formula is C16H15N5O3. The van der Waals surface area contributed by atoms with Gasteiger partial charge < -0.3 is 14.1 Å². The summed E-state index contributed by atoms with van der Waals surface area (Å²) >= 11 is 0. The molecular weight excluding hydrogens is 310 g/mol. The Hall–Kier alpha value is -3.00. The largest absolute Gasteiger partial charge is 0.459 e. The van der Waals surface area contributed by atoms with Crippen LogP contribution in [0.2, 0.25) is 0 Å². The van der Waals surface area contributed by atoms with Crippen LogP contribution in [0, 0.1) is 0 Å². The van der Waals surface area contributed by atoms with E-state index in [1.54, 1.807) is 16.8 Å². The van der Waals surface area contributed by atoms with Crippen LogP contribution >= 0.6 is 0 Å². The SMILES string of the molecule is O=C(N=C(N1CCOCC1)n1nnc2ccccc21)c1ccco1. The lowest BCUT2D eigenvalue weighted by atomic mass is 10.3. The van der Waals surface area contributed by atoms with Gasteiger partial charge in [0.05, 0.1) is 25.0 Å². The van der Waals surface area contributed by atoms with Gasteiger partial charge in [-0.3, -0.25) is 4.79 Å². The van der Waals surface area contributed by atoms with Gasteiger partial charge in [-0.15, -0.1) is 5.10 Å². The van der Waals surface area contributed by atoms with E-state index in [1.807, 2.05) is 29.2 Å². The third-order valence-electron chi connectivity index (χ3n) is 3.77. The van der Waals surface area contributed by atoms with Crippen LogP contribution in [0.15, 0.2) is 52.1 Å². The van der Waals surface area contributed by atoms with Gasteiger partial charge in [-0.05, 0) is 24.3 Å². The molecule has 0 atom stereocenters. The van der Waals surface area contributed by atoms with Crippen molar-refractivity contribution in [2.75, 3.05) is 26.3 Å². The molecule has 0 unspecified atom stereocenters. The molecule has 1 amide bonds. The molecule has 1 aliphatic rings. The van der Waals surface area contributed by atoms with Crippen molar-refractivity contribution in [3.63, 3.8) is 0 Å². The summed E-state index contributed by atoms with van der Waals surface area (Å²) in [5.74, 6) is 0.152. The molecule has 8 heteroatoms. The van der Waals surface area contributed by atoms with Crippen molar-refractivity contribution in [1.82, 2.24) is 19.9 Å². The Kier molecular flexibility index (Phi) is 3.80. The monoisotopic (exact) mass is 325 g/mol. The van der Waals surface area contributed by atoms with Crippen LogP contribution in [0.25, 0.3) is 11.0 Å². The minimum Gasteiger partial charge on any atom is -0.459 e. The summed E-state index contributed by atoms with van der Waals surface area (Å²) in [7, 11) is 0. The highest BCUT2D eigenvalue weighted by Crippen LogP contribution is 2.13. The number of morpholine rings is 1. The van der Waals surface area contributed by atoms with Crippen LogP contribution < -0.4 is 0 Å². The van der Waals surface area contributed by atoms with Crippen molar-refractivity contribution >= 4 is 22.9 Å². The number of fused-ring (bicyclic) bond motifs is 1. The van der Waals surface area contributed by atoms with Crippen LogP contribution in [0.1, 0.15) is 10.6 Å². The molecule has 4 rings (SSSR count). The fraction of sp³-hybridized carbons (Fsp3) is 0.250. The van der Waals surface area contributed by atoms with E-state index in [2.05, 4.69) is 15.3 Å². The highest BCUT2D eigenvalue weighted by molar-refractivity contribution is 6.03. The van der Waals surface area contributed by atoms with E-state index < -0.39 is 5.91 Å². The molecule has 8 nitrogen and oxygen atoms in total. The lowest BCUT2D eigenvalue weighted by Gasteiger charge is -2.29. The van der Waals surface area contributed by atoms with E-state index in [4.69, 9.17) is 9.15 Å². The fourth-order valence-corrected chi connectivity index (χ4v) is 2.58. The third-order valence-corrected chi connectivity index (χ3v) is 3.77. The average molecular weight is 325 g/mol. The third kappa shape index (κ3) is 2.67. The van der Waals surface area contributed by atoms with Crippen molar-refractivity contribution in [3.8, 4) is 0 Å². The second-order valence-electron chi connectivity index (χ2n) is 5.28. The molecule has 3 aromatic rings. The Labute approximate surface area is 137 Å². The molecule has 24 heavy (non-hydrogen) atoms. The summed E-state index contributed by atoms with van der Waals surface area (Å²) in [5.41, 5.74) is 1.53. The molecule has 0 spiro atoms. The number of amides is 1. The summed E-state index contributed by atoms with van der Waals surface area (Å²) in [6, 6.07) is 10.8. The van der Waals surface area contributed by atoms with Crippen molar-refractivity contribution < 1.29 is 13.9 Å². The Morgan fingerprint density at radius 3 is 2.75 bits per heavy atom. The maximum Gasteiger partial charge on any atom is 0.315 e. The first-order valence-corrected chi connectivity index (χ1v) is 7.63. The summed E-state index contributed by atoms with van der Waals surface area (Å²) in [4.78, 5) is 18.6. The number of aromatic nitrogens is 3. The fourth-order valence-electron chi connectivity index (χ4n) is 2.58. The summed E-state index contributed by atoms with van der Waals surface area (Å²) in [6.07, 6.45) is 1.45. The highest BCUT2D eigenvalue weighted by Gasteiger charge is 2.22. The van der Waals surface area contributed by atoms with E-state index >= 15 is 0 Å². The van der Waals surface area contributed by atoms with Gasteiger partial charge in [-0.1, -0.05) is 17.3 Å². The number of hydrogen-bond acceptors (Lipinski definition) is 5. The molecule has 0 radical (unpaired) electrons. The molecule has 122 valence electrons. The van der Waals surface area contributed by atoms with Gasteiger partial charge in [-0.2, -0.15) is 9.67 Å². The number of nitrogens with zero attached hydrogens (tertiary/aromatic N) is 5. The Morgan fingerprint density at radius 1 is 1.12 bits per heavy atom. The van der Waals surface area contributed by atoms with Crippen LogP contribution in [0.4, 0.5) is 0 Å². The maximum absolute atomic E-state index is 12.4. The van der Waals surface area contributed by atoms with Gasteiger partial charge in [0.2, 0.25) is 5.96 Å². The first-order valence-electron chi connectivity index (χ1n) is 7.63. The number of carbonyl (C=O) groups is 1.